The van der Waals surface area contributed by atoms with Crippen LogP contribution < -0.4 is 18.9 Å². The molecule has 0 spiro atoms. The van der Waals surface area contributed by atoms with Gasteiger partial charge in [0.25, 0.3) is 10.0 Å². The van der Waals surface area contributed by atoms with Gasteiger partial charge in [0, 0.05) is 10.5 Å². The third kappa shape index (κ3) is 4.01. The lowest BCUT2D eigenvalue weighted by Crippen LogP contribution is -2.12. The number of fused-ring (bicyclic) bond motifs is 1. The molecule has 3 aromatic rings. The van der Waals surface area contributed by atoms with Crippen LogP contribution in [0.1, 0.15) is 0 Å². The first-order valence-corrected chi connectivity index (χ1v) is 10.2. The largest absolute Gasteiger partial charge is 0.457 e. The topological polar surface area (TPSA) is 73.9 Å². The lowest BCUT2D eigenvalue weighted by Gasteiger charge is -2.10. The van der Waals surface area contributed by atoms with Crippen LogP contribution in [-0.4, -0.2) is 15.2 Å². The van der Waals surface area contributed by atoms with Crippen molar-refractivity contribution in [3.05, 3.63) is 71.2 Å². The third-order valence-electron chi connectivity index (χ3n) is 3.81. The molecular formula is C19H14BrNO5S. The Morgan fingerprint density at radius 1 is 0.852 bits per heavy atom. The van der Waals surface area contributed by atoms with Gasteiger partial charge in [-0.25, -0.2) is 8.42 Å². The van der Waals surface area contributed by atoms with Crippen molar-refractivity contribution in [1.29, 1.82) is 0 Å². The fourth-order valence-electron chi connectivity index (χ4n) is 2.50. The average Bonchev–Trinajstić information content (AvgIpc) is 3.11. The Kier molecular flexibility index (Phi) is 4.67. The molecule has 0 amide bonds. The summed E-state index contributed by atoms with van der Waals surface area (Å²) in [5.74, 6) is 2.30. The maximum Gasteiger partial charge on any atom is 0.261 e. The van der Waals surface area contributed by atoms with Crippen molar-refractivity contribution in [3.8, 4) is 23.0 Å². The van der Waals surface area contributed by atoms with Crippen LogP contribution in [0.3, 0.4) is 0 Å². The highest BCUT2D eigenvalue weighted by molar-refractivity contribution is 9.10. The molecule has 0 aromatic heterocycles. The standard InChI is InChI=1S/C19H14BrNO5S/c20-13-1-4-15(5-2-13)26-16-6-8-17(9-7-16)27(22,23)21-14-3-10-18-19(11-14)25-12-24-18/h1-11,21H,12H2. The van der Waals surface area contributed by atoms with E-state index in [1.54, 1.807) is 30.3 Å². The predicted molar refractivity (Wildman–Crippen MR) is 104 cm³/mol. The van der Waals surface area contributed by atoms with E-state index in [1.165, 1.54) is 12.1 Å². The minimum absolute atomic E-state index is 0.128. The van der Waals surface area contributed by atoms with Gasteiger partial charge < -0.3 is 14.2 Å². The summed E-state index contributed by atoms with van der Waals surface area (Å²) in [5.41, 5.74) is 0.398. The van der Waals surface area contributed by atoms with E-state index in [9.17, 15) is 8.42 Å². The van der Waals surface area contributed by atoms with E-state index in [0.717, 1.165) is 4.47 Å². The van der Waals surface area contributed by atoms with Crippen LogP contribution in [0.5, 0.6) is 23.0 Å². The molecule has 0 aliphatic carbocycles. The van der Waals surface area contributed by atoms with E-state index >= 15 is 0 Å². The number of halogens is 1. The zero-order valence-electron chi connectivity index (χ0n) is 13.9. The van der Waals surface area contributed by atoms with Gasteiger partial charge in [-0.05, 0) is 60.7 Å². The van der Waals surface area contributed by atoms with E-state index in [2.05, 4.69) is 20.7 Å². The van der Waals surface area contributed by atoms with E-state index in [0.29, 0.717) is 28.7 Å². The molecule has 8 heteroatoms. The molecule has 4 rings (SSSR count). The zero-order chi connectivity index (χ0) is 18.9. The number of ether oxygens (including phenoxy) is 3. The second kappa shape index (κ2) is 7.13. The number of hydrogen-bond donors (Lipinski definition) is 1. The Hall–Kier alpha value is -2.71. The van der Waals surface area contributed by atoms with Gasteiger partial charge in [0.2, 0.25) is 6.79 Å². The smallest absolute Gasteiger partial charge is 0.261 e. The van der Waals surface area contributed by atoms with Crippen molar-refractivity contribution in [1.82, 2.24) is 0 Å². The van der Waals surface area contributed by atoms with Crippen molar-refractivity contribution >= 4 is 31.6 Å². The van der Waals surface area contributed by atoms with Crippen molar-refractivity contribution in [2.24, 2.45) is 0 Å². The fraction of sp³-hybridized carbons (Fsp3) is 0.0526. The molecule has 27 heavy (non-hydrogen) atoms. The lowest BCUT2D eigenvalue weighted by molar-refractivity contribution is 0.174. The second-order valence-corrected chi connectivity index (χ2v) is 8.30. The third-order valence-corrected chi connectivity index (χ3v) is 5.73. The van der Waals surface area contributed by atoms with Gasteiger partial charge in [-0.3, -0.25) is 4.72 Å². The van der Waals surface area contributed by atoms with E-state index in [1.807, 2.05) is 24.3 Å². The molecule has 0 saturated heterocycles. The lowest BCUT2D eigenvalue weighted by atomic mass is 10.3. The molecule has 0 unspecified atom stereocenters. The Bertz CT molecular complexity index is 1070. The van der Waals surface area contributed by atoms with Gasteiger partial charge in [-0.1, -0.05) is 15.9 Å². The number of sulfonamides is 1. The average molecular weight is 448 g/mol. The van der Waals surface area contributed by atoms with Crippen molar-refractivity contribution in [2.45, 2.75) is 4.90 Å². The highest BCUT2D eigenvalue weighted by Gasteiger charge is 2.18. The maximum absolute atomic E-state index is 12.6. The predicted octanol–water partition coefficient (Wildman–Crippen LogP) is 4.77. The minimum atomic E-state index is -3.73. The first kappa shape index (κ1) is 17.7. The first-order valence-electron chi connectivity index (χ1n) is 7.96. The molecule has 1 aliphatic heterocycles. The highest BCUT2D eigenvalue weighted by atomic mass is 79.9. The summed E-state index contributed by atoms with van der Waals surface area (Å²) in [6.07, 6.45) is 0. The molecule has 1 heterocycles. The molecule has 3 aromatic carbocycles. The van der Waals surface area contributed by atoms with E-state index < -0.39 is 10.0 Å². The Morgan fingerprint density at radius 2 is 1.48 bits per heavy atom. The number of rotatable bonds is 5. The summed E-state index contributed by atoms with van der Waals surface area (Å²) in [6, 6.07) is 18.4. The summed E-state index contributed by atoms with van der Waals surface area (Å²) in [7, 11) is -3.73. The summed E-state index contributed by atoms with van der Waals surface area (Å²) in [4.78, 5) is 0.128. The number of benzene rings is 3. The maximum atomic E-state index is 12.6. The van der Waals surface area contributed by atoms with E-state index in [4.69, 9.17) is 14.2 Å². The molecule has 1 N–H and O–H groups in total. The summed E-state index contributed by atoms with van der Waals surface area (Å²) in [5, 5.41) is 0. The monoisotopic (exact) mass is 447 g/mol. The molecule has 1 aliphatic rings. The summed E-state index contributed by atoms with van der Waals surface area (Å²) in [6.45, 7) is 0.130. The van der Waals surface area contributed by atoms with Gasteiger partial charge >= 0.3 is 0 Å². The second-order valence-electron chi connectivity index (χ2n) is 5.70. The number of hydrogen-bond acceptors (Lipinski definition) is 5. The van der Waals surface area contributed by atoms with Crippen molar-refractivity contribution in [2.75, 3.05) is 11.5 Å². The molecule has 0 radical (unpaired) electrons. The summed E-state index contributed by atoms with van der Waals surface area (Å²) < 4.78 is 44.8. The van der Waals surface area contributed by atoms with Gasteiger partial charge in [-0.15, -0.1) is 0 Å². The van der Waals surface area contributed by atoms with Crippen LogP contribution in [0, 0.1) is 0 Å². The molecule has 138 valence electrons. The van der Waals surface area contributed by atoms with Gasteiger partial charge in [-0.2, -0.15) is 0 Å². The Balaban J connectivity index is 1.49. The fourth-order valence-corrected chi connectivity index (χ4v) is 3.81. The summed E-state index contributed by atoms with van der Waals surface area (Å²) >= 11 is 3.36. The zero-order valence-corrected chi connectivity index (χ0v) is 16.3. The quantitative estimate of drug-likeness (QED) is 0.609. The SMILES string of the molecule is O=S(=O)(Nc1ccc2c(c1)OCO2)c1ccc(Oc2ccc(Br)cc2)cc1. The van der Waals surface area contributed by atoms with Crippen LogP contribution >= 0.6 is 15.9 Å². The van der Waals surface area contributed by atoms with Crippen LogP contribution in [-0.2, 0) is 10.0 Å². The van der Waals surface area contributed by atoms with Crippen LogP contribution in [0.25, 0.3) is 0 Å². The Labute approximate surface area is 164 Å². The number of anilines is 1. The van der Waals surface area contributed by atoms with Crippen LogP contribution in [0.4, 0.5) is 5.69 Å². The molecule has 0 saturated carbocycles. The molecule has 0 atom stereocenters. The molecule has 0 fully saturated rings. The highest BCUT2D eigenvalue weighted by Crippen LogP contribution is 2.35. The van der Waals surface area contributed by atoms with Gasteiger partial charge in [0.05, 0.1) is 10.6 Å². The van der Waals surface area contributed by atoms with E-state index in [-0.39, 0.29) is 11.7 Å². The van der Waals surface area contributed by atoms with Gasteiger partial charge in [0.1, 0.15) is 11.5 Å². The van der Waals surface area contributed by atoms with Crippen LogP contribution in [0.2, 0.25) is 0 Å². The molecule has 6 nitrogen and oxygen atoms in total. The minimum Gasteiger partial charge on any atom is -0.457 e. The normalized spacial score (nSPS) is 12.6. The Morgan fingerprint density at radius 3 is 2.19 bits per heavy atom. The number of nitrogens with one attached hydrogen (secondary N) is 1. The van der Waals surface area contributed by atoms with Crippen molar-refractivity contribution in [3.63, 3.8) is 0 Å². The van der Waals surface area contributed by atoms with Crippen LogP contribution in [0.15, 0.2) is 76.1 Å². The first-order chi connectivity index (χ1) is 13.0. The van der Waals surface area contributed by atoms with Gasteiger partial charge in [0.15, 0.2) is 11.5 Å². The van der Waals surface area contributed by atoms with Crippen molar-refractivity contribution < 1.29 is 22.6 Å². The molecule has 0 bridgehead atoms. The molecular weight excluding hydrogens is 434 g/mol.